The lowest BCUT2D eigenvalue weighted by Gasteiger charge is -2.22. The molecule has 0 radical (unpaired) electrons. The van der Waals surface area contributed by atoms with Crippen LogP contribution in [0.2, 0.25) is 0 Å². The molecule has 8 aromatic carbocycles. The second-order valence-corrected chi connectivity index (χ2v) is 17.1. The van der Waals surface area contributed by atoms with E-state index in [1.807, 2.05) is 23.7 Å². The summed E-state index contributed by atoms with van der Waals surface area (Å²) in [6.07, 6.45) is 3.85. The molecule has 3 heteroatoms. The number of nitrogens with zero attached hydrogens (tertiary/aromatic N) is 2. The van der Waals surface area contributed by atoms with E-state index in [4.69, 9.17) is 0 Å². The van der Waals surface area contributed by atoms with Gasteiger partial charge < -0.3 is 4.57 Å². The Balaban J connectivity index is 0.870. The number of thiophene rings is 1. The largest absolute Gasteiger partial charge is 0.309 e. The normalized spacial score (nSPS) is 13.2. The van der Waals surface area contributed by atoms with Gasteiger partial charge in [-0.25, -0.2) is 0 Å². The third kappa shape index (κ3) is 4.86. The molecular weight excluding hydrogens is 709 g/mol. The van der Waals surface area contributed by atoms with Crippen molar-refractivity contribution >= 4 is 64.1 Å². The van der Waals surface area contributed by atoms with Gasteiger partial charge in [0.05, 0.1) is 11.0 Å². The first kappa shape index (κ1) is 32.4. The van der Waals surface area contributed by atoms with Crippen molar-refractivity contribution in [3.8, 4) is 50.2 Å². The van der Waals surface area contributed by atoms with Gasteiger partial charge in [0.15, 0.2) is 0 Å². The molecule has 0 saturated carbocycles. The fourth-order valence-electron chi connectivity index (χ4n) is 9.59. The zero-order valence-electron chi connectivity index (χ0n) is 31.6. The van der Waals surface area contributed by atoms with Gasteiger partial charge in [-0.2, -0.15) is 0 Å². The lowest BCUT2D eigenvalue weighted by molar-refractivity contribution is 0.661. The van der Waals surface area contributed by atoms with Crippen molar-refractivity contribution in [2.75, 3.05) is 0 Å². The van der Waals surface area contributed by atoms with Crippen LogP contribution in [0.1, 0.15) is 25.0 Å². The lowest BCUT2D eigenvalue weighted by atomic mass is 9.81. The van der Waals surface area contributed by atoms with Crippen LogP contribution < -0.4 is 0 Å². The van der Waals surface area contributed by atoms with Crippen LogP contribution in [0.4, 0.5) is 0 Å². The van der Waals surface area contributed by atoms with Gasteiger partial charge in [-0.15, -0.1) is 11.3 Å². The summed E-state index contributed by atoms with van der Waals surface area (Å²) in [4.78, 5) is 4.42. The Morgan fingerprint density at radius 3 is 1.68 bits per heavy atom. The summed E-state index contributed by atoms with van der Waals surface area (Å²) in [5.41, 5.74) is 16.4. The number of hydrogen-bond acceptors (Lipinski definition) is 2. The third-order valence-corrected chi connectivity index (χ3v) is 13.6. The van der Waals surface area contributed by atoms with Gasteiger partial charge in [-0.05, 0) is 116 Å². The predicted molar refractivity (Wildman–Crippen MR) is 243 cm³/mol. The Kier molecular flexibility index (Phi) is 6.88. The van der Waals surface area contributed by atoms with E-state index in [1.165, 1.54) is 114 Å². The number of aromatic nitrogens is 2. The molecule has 0 N–H and O–H groups in total. The number of para-hydroxylation sites is 2. The average Bonchev–Trinajstić information content (AvgIpc) is 3.87. The maximum Gasteiger partial charge on any atom is 0.0541 e. The summed E-state index contributed by atoms with van der Waals surface area (Å²) in [5, 5.41) is 7.59. The van der Waals surface area contributed by atoms with Gasteiger partial charge >= 0.3 is 0 Å². The fraction of sp³-hybridized carbons (Fsp3) is 0.0556. The number of fused-ring (bicyclic) bond motifs is 10. The second kappa shape index (κ2) is 12.1. The molecule has 3 aromatic heterocycles. The molecule has 2 nitrogen and oxygen atoms in total. The van der Waals surface area contributed by atoms with E-state index in [1.54, 1.807) is 0 Å². The molecule has 1 aliphatic carbocycles. The van der Waals surface area contributed by atoms with E-state index in [9.17, 15) is 0 Å². The van der Waals surface area contributed by atoms with Crippen LogP contribution in [0.25, 0.3) is 103 Å². The van der Waals surface area contributed by atoms with E-state index in [2.05, 4.69) is 193 Å². The molecule has 12 rings (SSSR count). The maximum absolute atomic E-state index is 4.42. The Hall–Kier alpha value is -6.81. The van der Waals surface area contributed by atoms with Crippen LogP contribution in [0.3, 0.4) is 0 Å². The van der Waals surface area contributed by atoms with Gasteiger partial charge in [0.1, 0.15) is 0 Å². The first-order valence-corrected chi connectivity index (χ1v) is 20.5. The van der Waals surface area contributed by atoms with Crippen molar-refractivity contribution in [2.24, 2.45) is 0 Å². The monoisotopic (exact) mass is 744 g/mol. The van der Waals surface area contributed by atoms with E-state index in [-0.39, 0.29) is 5.41 Å². The summed E-state index contributed by atoms with van der Waals surface area (Å²) >= 11 is 1.88. The highest BCUT2D eigenvalue weighted by Gasteiger charge is 2.36. The van der Waals surface area contributed by atoms with Crippen molar-refractivity contribution in [3.05, 3.63) is 193 Å². The number of hydrogen-bond donors (Lipinski definition) is 0. The molecule has 0 aliphatic heterocycles. The SMILES string of the molecule is CC1(C)c2cc(-c3ccc(-n4c5ccccc5c5ccccc54)cc3)ccc2-c2ccc(-c3ccc4c(c3)sc3cc(-c5cccc6ccncc56)ccc34)cc21. The molecular formula is C54H36N2S. The zero-order chi connectivity index (χ0) is 37.8. The standard InChI is InChI=1S/C54H36N2S/c1-54(2)48-28-35(33-14-20-39(21-15-33)56-50-12-5-3-9-43(50)44-10-4-6-13-51(44)56)16-22-41(48)42-23-17-36(29-49(42)54)37-18-24-45-46-25-19-38(31-53(46)57-52(45)30-37)40-11-7-8-34-26-27-55-32-47(34)40/h3-32H,1-2H3. The van der Waals surface area contributed by atoms with Gasteiger partial charge in [0.2, 0.25) is 0 Å². The van der Waals surface area contributed by atoms with Crippen molar-refractivity contribution in [2.45, 2.75) is 19.3 Å². The van der Waals surface area contributed by atoms with Crippen LogP contribution in [0.15, 0.2) is 182 Å². The van der Waals surface area contributed by atoms with Crippen molar-refractivity contribution in [1.82, 2.24) is 9.55 Å². The Morgan fingerprint density at radius 2 is 1.00 bits per heavy atom. The highest BCUT2D eigenvalue weighted by molar-refractivity contribution is 7.25. The molecule has 3 heterocycles. The molecule has 0 spiro atoms. The Morgan fingerprint density at radius 1 is 0.439 bits per heavy atom. The molecule has 57 heavy (non-hydrogen) atoms. The first-order chi connectivity index (χ1) is 28.0. The summed E-state index contributed by atoms with van der Waals surface area (Å²) in [7, 11) is 0. The Labute approximate surface area is 334 Å². The van der Waals surface area contributed by atoms with Crippen LogP contribution in [-0.4, -0.2) is 9.55 Å². The Bertz CT molecular complexity index is 3380. The van der Waals surface area contributed by atoms with E-state index >= 15 is 0 Å². The van der Waals surface area contributed by atoms with Crippen LogP contribution >= 0.6 is 11.3 Å². The summed E-state index contributed by atoms with van der Waals surface area (Å²) in [6, 6.07) is 63.2. The number of rotatable bonds is 4. The minimum absolute atomic E-state index is 0.130. The van der Waals surface area contributed by atoms with Crippen LogP contribution in [0.5, 0.6) is 0 Å². The average molecular weight is 745 g/mol. The maximum atomic E-state index is 4.42. The van der Waals surface area contributed by atoms with E-state index < -0.39 is 0 Å². The number of benzene rings is 8. The van der Waals surface area contributed by atoms with Crippen molar-refractivity contribution in [3.63, 3.8) is 0 Å². The highest BCUT2D eigenvalue weighted by Crippen LogP contribution is 2.51. The molecule has 268 valence electrons. The smallest absolute Gasteiger partial charge is 0.0541 e. The molecule has 1 aliphatic rings. The number of pyridine rings is 1. The molecule has 0 fully saturated rings. The van der Waals surface area contributed by atoms with Crippen molar-refractivity contribution < 1.29 is 0 Å². The molecule has 0 saturated heterocycles. The molecule has 0 bridgehead atoms. The van der Waals surface area contributed by atoms with Crippen LogP contribution in [-0.2, 0) is 5.41 Å². The van der Waals surface area contributed by atoms with Gasteiger partial charge in [-0.3, -0.25) is 4.98 Å². The van der Waals surface area contributed by atoms with Crippen molar-refractivity contribution in [1.29, 1.82) is 0 Å². The summed E-state index contributed by atoms with van der Waals surface area (Å²) in [5.74, 6) is 0. The molecule has 0 atom stereocenters. The molecule has 11 aromatic rings. The highest BCUT2D eigenvalue weighted by atomic mass is 32.1. The molecule has 0 unspecified atom stereocenters. The van der Waals surface area contributed by atoms with Gasteiger partial charge in [-0.1, -0.05) is 129 Å². The summed E-state index contributed by atoms with van der Waals surface area (Å²) < 4.78 is 5.01. The zero-order valence-corrected chi connectivity index (χ0v) is 32.4. The van der Waals surface area contributed by atoms with Crippen LogP contribution in [0, 0.1) is 0 Å². The lowest BCUT2D eigenvalue weighted by Crippen LogP contribution is -2.15. The predicted octanol–water partition coefficient (Wildman–Crippen LogP) is 15.0. The van der Waals surface area contributed by atoms with Gasteiger partial charge in [0.25, 0.3) is 0 Å². The second-order valence-electron chi connectivity index (χ2n) is 16.0. The first-order valence-electron chi connectivity index (χ1n) is 19.7. The fourth-order valence-corrected chi connectivity index (χ4v) is 10.8. The quantitative estimate of drug-likeness (QED) is 0.175. The third-order valence-electron chi connectivity index (χ3n) is 12.5. The van der Waals surface area contributed by atoms with Gasteiger partial charge in [0, 0.05) is 59.8 Å². The molecule has 0 amide bonds. The minimum Gasteiger partial charge on any atom is -0.309 e. The van der Waals surface area contributed by atoms with E-state index in [0.717, 1.165) is 0 Å². The minimum atomic E-state index is -0.130. The van der Waals surface area contributed by atoms with E-state index in [0.29, 0.717) is 0 Å². The summed E-state index contributed by atoms with van der Waals surface area (Å²) in [6.45, 7) is 4.77. The topological polar surface area (TPSA) is 17.8 Å².